The lowest BCUT2D eigenvalue weighted by Crippen LogP contribution is -2.37. The quantitative estimate of drug-likeness (QED) is 0.854. The Kier molecular flexibility index (Phi) is 5.15. The van der Waals surface area contributed by atoms with Crippen molar-refractivity contribution in [2.24, 2.45) is 0 Å². The maximum atomic E-state index is 11.6. The summed E-state index contributed by atoms with van der Waals surface area (Å²) in [5.41, 5.74) is 0.699. The number of anilines is 1. The van der Waals surface area contributed by atoms with Crippen LogP contribution in [0.4, 0.5) is 10.5 Å². The van der Waals surface area contributed by atoms with Crippen molar-refractivity contribution in [3.8, 4) is 0 Å². The molecule has 1 atom stereocenters. The third-order valence-corrected chi connectivity index (χ3v) is 3.31. The van der Waals surface area contributed by atoms with Crippen molar-refractivity contribution in [1.29, 1.82) is 0 Å². The Bertz CT molecular complexity index is 485. The van der Waals surface area contributed by atoms with Gasteiger partial charge in [0.05, 0.1) is 5.75 Å². The van der Waals surface area contributed by atoms with Gasteiger partial charge in [-0.2, -0.15) is 0 Å². The van der Waals surface area contributed by atoms with E-state index in [0.29, 0.717) is 12.1 Å². The van der Waals surface area contributed by atoms with E-state index >= 15 is 0 Å². The van der Waals surface area contributed by atoms with Crippen molar-refractivity contribution in [1.82, 2.24) is 5.32 Å². The highest BCUT2D eigenvalue weighted by Gasteiger charge is 2.10. The number of rotatable bonds is 5. The number of sulfone groups is 1. The second kappa shape index (κ2) is 6.39. The standard InChI is InChI=1S/C12H18N2O3S/c1-10(8-9-18(2,16)17)13-12(15)14-11-6-4-3-5-7-11/h3-7,10H,8-9H2,1-2H3,(H2,13,14,15)/t10-/m1/s1. The molecule has 100 valence electrons. The minimum atomic E-state index is -2.99. The van der Waals surface area contributed by atoms with Crippen LogP contribution in [0.15, 0.2) is 30.3 Å². The fourth-order valence-electron chi connectivity index (χ4n) is 1.38. The molecule has 5 nitrogen and oxygen atoms in total. The van der Waals surface area contributed by atoms with E-state index in [2.05, 4.69) is 10.6 Å². The van der Waals surface area contributed by atoms with Gasteiger partial charge in [-0.05, 0) is 25.5 Å². The summed E-state index contributed by atoms with van der Waals surface area (Å²) in [5.74, 6) is 0.0692. The van der Waals surface area contributed by atoms with Crippen molar-refractivity contribution in [2.75, 3.05) is 17.3 Å². The molecule has 0 unspecified atom stereocenters. The van der Waals surface area contributed by atoms with Crippen LogP contribution in [0.25, 0.3) is 0 Å². The van der Waals surface area contributed by atoms with Crippen molar-refractivity contribution < 1.29 is 13.2 Å². The normalized spacial score (nSPS) is 12.8. The molecule has 18 heavy (non-hydrogen) atoms. The highest BCUT2D eigenvalue weighted by Crippen LogP contribution is 2.04. The second-order valence-electron chi connectivity index (χ2n) is 4.28. The van der Waals surface area contributed by atoms with Crippen LogP contribution >= 0.6 is 0 Å². The molecule has 0 fully saturated rings. The van der Waals surface area contributed by atoms with Crippen LogP contribution in [0, 0.1) is 0 Å². The van der Waals surface area contributed by atoms with Gasteiger partial charge in [0.1, 0.15) is 9.84 Å². The molecule has 6 heteroatoms. The molecule has 0 aliphatic rings. The van der Waals surface area contributed by atoms with Gasteiger partial charge >= 0.3 is 6.03 Å². The van der Waals surface area contributed by atoms with E-state index in [4.69, 9.17) is 0 Å². The second-order valence-corrected chi connectivity index (χ2v) is 6.54. The number of amides is 2. The van der Waals surface area contributed by atoms with Gasteiger partial charge in [0.15, 0.2) is 0 Å². The van der Waals surface area contributed by atoms with Crippen molar-refractivity contribution in [2.45, 2.75) is 19.4 Å². The summed E-state index contributed by atoms with van der Waals surface area (Å²) in [6, 6.07) is 8.54. The van der Waals surface area contributed by atoms with E-state index in [1.54, 1.807) is 19.1 Å². The van der Waals surface area contributed by atoms with Crippen molar-refractivity contribution in [3.63, 3.8) is 0 Å². The molecular weight excluding hydrogens is 252 g/mol. The van der Waals surface area contributed by atoms with Crippen LogP contribution < -0.4 is 10.6 Å². The monoisotopic (exact) mass is 270 g/mol. The number of nitrogens with one attached hydrogen (secondary N) is 2. The van der Waals surface area contributed by atoms with Crippen LogP contribution in [0.3, 0.4) is 0 Å². The van der Waals surface area contributed by atoms with Gasteiger partial charge in [0, 0.05) is 18.0 Å². The Labute approximate surface area is 108 Å². The Morgan fingerprint density at radius 2 is 1.89 bits per heavy atom. The first-order valence-electron chi connectivity index (χ1n) is 5.67. The molecule has 0 aliphatic heterocycles. The van der Waals surface area contributed by atoms with Crippen LogP contribution in [-0.2, 0) is 9.84 Å². The molecular formula is C12H18N2O3S. The molecule has 0 aromatic heterocycles. The first kappa shape index (κ1) is 14.5. The predicted octanol–water partition coefficient (Wildman–Crippen LogP) is 1.63. The topological polar surface area (TPSA) is 75.3 Å². The third kappa shape index (κ3) is 6.24. The van der Waals surface area contributed by atoms with Gasteiger partial charge in [-0.25, -0.2) is 13.2 Å². The van der Waals surface area contributed by atoms with E-state index in [9.17, 15) is 13.2 Å². The molecule has 1 rings (SSSR count). The lowest BCUT2D eigenvalue weighted by atomic mass is 10.3. The average Bonchev–Trinajstić information content (AvgIpc) is 2.26. The number of benzene rings is 1. The van der Waals surface area contributed by atoms with Crippen molar-refractivity contribution in [3.05, 3.63) is 30.3 Å². The summed E-state index contributed by atoms with van der Waals surface area (Å²) in [6.07, 6.45) is 1.59. The SMILES string of the molecule is C[C@H](CCS(C)(=O)=O)NC(=O)Nc1ccccc1. The minimum Gasteiger partial charge on any atom is -0.335 e. The van der Waals surface area contributed by atoms with E-state index in [1.807, 2.05) is 18.2 Å². The number of hydrogen-bond acceptors (Lipinski definition) is 3. The first-order chi connectivity index (χ1) is 8.37. The van der Waals surface area contributed by atoms with Gasteiger partial charge < -0.3 is 10.6 Å². The summed E-state index contributed by atoms with van der Waals surface area (Å²) in [4.78, 5) is 11.6. The van der Waals surface area contributed by atoms with Crippen LogP contribution in [0.2, 0.25) is 0 Å². The zero-order chi connectivity index (χ0) is 13.6. The average molecular weight is 270 g/mol. The summed E-state index contributed by atoms with van der Waals surface area (Å²) in [5, 5.41) is 5.36. The minimum absolute atomic E-state index is 0.0692. The zero-order valence-corrected chi connectivity index (χ0v) is 11.3. The lowest BCUT2D eigenvalue weighted by Gasteiger charge is -2.14. The van der Waals surface area contributed by atoms with E-state index < -0.39 is 9.84 Å². The molecule has 0 spiro atoms. The maximum Gasteiger partial charge on any atom is 0.319 e. The summed E-state index contributed by atoms with van der Waals surface area (Å²) >= 11 is 0. The molecule has 2 N–H and O–H groups in total. The number of carbonyl (C=O) groups is 1. The Morgan fingerprint density at radius 1 is 1.28 bits per heavy atom. The predicted molar refractivity (Wildman–Crippen MR) is 72.4 cm³/mol. The largest absolute Gasteiger partial charge is 0.335 e. The highest BCUT2D eigenvalue weighted by atomic mass is 32.2. The van der Waals surface area contributed by atoms with E-state index in [0.717, 1.165) is 0 Å². The Morgan fingerprint density at radius 3 is 2.44 bits per heavy atom. The van der Waals surface area contributed by atoms with Gasteiger partial charge in [-0.1, -0.05) is 18.2 Å². The molecule has 0 radical (unpaired) electrons. The van der Waals surface area contributed by atoms with Crippen molar-refractivity contribution >= 4 is 21.6 Å². The highest BCUT2D eigenvalue weighted by molar-refractivity contribution is 7.90. The molecule has 0 bridgehead atoms. The van der Waals surface area contributed by atoms with Gasteiger partial charge in [0.25, 0.3) is 0 Å². The number of carbonyl (C=O) groups excluding carboxylic acids is 1. The Hall–Kier alpha value is -1.56. The first-order valence-corrected chi connectivity index (χ1v) is 7.73. The fraction of sp³-hybridized carbons (Fsp3) is 0.417. The molecule has 1 aromatic carbocycles. The third-order valence-electron chi connectivity index (χ3n) is 2.33. The molecule has 0 aliphatic carbocycles. The van der Waals surface area contributed by atoms with E-state index in [1.165, 1.54) is 6.26 Å². The van der Waals surface area contributed by atoms with Crippen LogP contribution in [0.1, 0.15) is 13.3 Å². The van der Waals surface area contributed by atoms with Gasteiger partial charge in [-0.15, -0.1) is 0 Å². The molecule has 0 saturated carbocycles. The zero-order valence-electron chi connectivity index (χ0n) is 10.5. The lowest BCUT2D eigenvalue weighted by molar-refractivity contribution is 0.249. The molecule has 2 amide bonds. The van der Waals surface area contributed by atoms with Gasteiger partial charge in [0.2, 0.25) is 0 Å². The summed E-state index contributed by atoms with van der Waals surface area (Å²) in [6.45, 7) is 1.77. The molecule has 1 aromatic rings. The molecule has 0 heterocycles. The van der Waals surface area contributed by atoms with E-state index in [-0.39, 0.29) is 17.8 Å². The summed E-state index contributed by atoms with van der Waals surface area (Å²) in [7, 11) is -2.99. The number of urea groups is 1. The smallest absolute Gasteiger partial charge is 0.319 e. The molecule has 0 saturated heterocycles. The number of para-hydroxylation sites is 1. The summed E-state index contributed by atoms with van der Waals surface area (Å²) < 4.78 is 22.0. The van der Waals surface area contributed by atoms with Gasteiger partial charge in [-0.3, -0.25) is 0 Å². The fourth-order valence-corrected chi connectivity index (χ4v) is 2.16. The van der Waals surface area contributed by atoms with Crippen LogP contribution in [0.5, 0.6) is 0 Å². The number of hydrogen-bond donors (Lipinski definition) is 2. The maximum absolute atomic E-state index is 11.6. The Balaban J connectivity index is 2.36. The van der Waals surface area contributed by atoms with Crippen LogP contribution in [-0.4, -0.2) is 32.5 Å².